The molecule has 0 saturated carbocycles. The van der Waals surface area contributed by atoms with Gasteiger partial charge < -0.3 is 5.32 Å². The van der Waals surface area contributed by atoms with Gasteiger partial charge in [-0.05, 0) is 47.9 Å². The first-order valence-corrected chi connectivity index (χ1v) is 12.3. The number of hydrogen-bond donors (Lipinski definition) is 1. The number of benzene rings is 3. The molecule has 0 unspecified atom stereocenters. The Morgan fingerprint density at radius 3 is 1.97 bits per heavy atom. The topological polar surface area (TPSA) is 62.3 Å². The van der Waals surface area contributed by atoms with E-state index in [1.165, 1.54) is 10.5 Å². The average molecular weight is 478 g/mol. The van der Waals surface area contributed by atoms with Crippen molar-refractivity contribution in [3.05, 3.63) is 119 Å². The molecule has 0 aliphatic rings. The molecule has 3 aromatic carbocycles. The van der Waals surface area contributed by atoms with Crippen LogP contribution in [-0.2, 0) is 23.1 Å². The monoisotopic (exact) mass is 477 g/mol. The zero-order valence-corrected chi connectivity index (χ0v) is 19.7. The lowest BCUT2D eigenvalue weighted by Gasteiger charge is -2.22. The van der Waals surface area contributed by atoms with Crippen LogP contribution in [0, 0.1) is 6.92 Å². The summed E-state index contributed by atoms with van der Waals surface area (Å²) in [6.07, 6.45) is 1.39. The molecule has 168 valence electrons. The van der Waals surface area contributed by atoms with Crippen LogP contribution in [0.4, 0.5) is 11.5 Å². The number of hydrogen-bond acceptors (Lipinski definition) is 4. The van der Waals surface area contributed by atoms with E-state index in [1.807, 2.05) is 85.8 Å². The van der Waals surface area contributed by atoms with E-state index in [0.717, 1.165) is 22.4 Å². The molecule has 0 atom stereocenters. The number of aryl methyl sites for hydroxylation is 1. The highest BCUT2D eigenvalue weighted by molar-refractivity contribution is 7.89. The van der Waals surface area contributed by atoms with Crippen LogP contribution in [0.5, 0.6) is 0 Å². The minimum atomic E-state index is -3.78. The molecule has 1 N–H and O–H groups in total. The Bertz CT molecular complexity index is 1270. The van der Waals surface area contributed by atoms with Crippen molar-refractivity contribution in [2.24, 2.45) is 0 Å². The fraction of sp³-hybridized carbons (Fsp3) is 0.115. The van der Waals surface area contributed by atoms with Gasteiger partial charge in [0.25, 0.3) is 0 Å². The maximum absolute atomic E-state index is 13.5. The van der Waals surface area contributed by atoms with E-state index in [4.69, 9.17) is 11.6 Å². The van der Waals surface area contributed by atoms with Crippen molar-refractivity contribution < 1.29 is 8.42 Å². The van der Waals surface area contributed by atoms with E-state index in [9.17, 15) is 8.42 Å². The van der Waals surface area contributed by atoms with Crippen molar-refractivity contribution >= 4 is 33.1 Å². The Kier molecular flexibility index (Phi) is 7.08. The molecule has 0 aliphatic carbocycles. The standard InChI is InChI=1S/C26H24ClN3O2S/c1-20-12-13-23(16-25(20)27)29-26-15-14-24(17-28-26)33(31,32)30(18-21-8-4-2-5-9-21)19-22-10-6-3-7-11-22/h2-17H,18-19H2,1H3,(H,28,29). The van der Waals surface area contributed by atoms with Crippen molar-refractivity contribution in [1.82, 2.24) is 9.29 Å². The molecule has 1 heterocycles. The predicted molar refractivity (Wildman–Crippen MR) is 133 cm³/mol. The summed E-state index contributed by atoms with van der Waals surface area (Å²) >= 11 is 6.19. The molecule has 0 bridgehead atoms. The van der Waals surface area contributed by atoms with E-state index < -0.39 is 10.0 Å². The molecule has 4 rings (SSSR count). The van der Waals surface area contributed by atoms with Gasteiger partial charge >= 0.3 is 0 Å². The van der Waals surface area contributed by atoms with Gasteiger partial charge in [-0.3, -0.25) is 0 Å². The van der Waals surface area contributed by atoms with Gasteiger partial charge in [0.2, 0.25) is 10.0 Å². The quantitative estimate of drug-likeness (QED) is 0.329. The minimum absolute atomic E-state index is 0.141. The minimum Gasteiger partial charge on any atom is -0.340 e. The van der Waals surface area contributed by atoms with Gasteiger partial charge in [0.1, 0.15) is 10.7 Å². The fourth-order valence-electron chi connectivity index (χ4n) is 3.37. The van der Waals surface area contributed by atoms with Crippen molar-refractivity contribution in [1.29, 1.82) is 0 Å². The Morgan fingerprint density at radius 2 is 1.45 bits per heavy atom. The maximum Gasteiger partial charge on any atom is 0.245 e. The van der Waals surface area contributed by atoms with Gasteiger partial charge in [-0.1, -0.05) is 78.3 Å². The van der Waals surface area contributed by atoms with Crippen LogP contribution in [0.1, 0.15) is 16.7 Å². The van der Waals surface area contributed by atoms with Crippen LogP contribution in [0.25, 0.3) is 0 Å². The summed E-state index contributed by atoms with van der Waals surface area (Å²) in [6, 6.07) is 28.0. The van der Waals surface area contributed by atoms with Gasteiger partial charge in [0, 0.05) is 30.0 Å². The second-order valence-electron chi connectivity index (χ2n) is 7.71. The molecule has 0 radical (unpaired) electrons. The fourth-order valence-corrected chi connectivity index (χ4v) is 4.92. The van der Waals surface area contributed by atoms with E-state index in [2.05, 4.69) is 10.3 Å². The number of pyridine rings is 1. The summed E-state index contributed by atoms with van der Waals surface area (Å²) in [4.78, 5) is 4.47. The number of nitrogens with one attached hydrogen (secondary N) is 1. The van der Waals surface area contributed by atoms with Gasteiger partial charge in [-0.15, -0.1) is 0 Å². The summed E-state index contributed by atoms with van der Waals surface area (Å²) in [5, 5.41) is 3.81. The molecule has 0 aliphatic heterocycles. The van der Waals surface area contributed by atoms with E-state index in [-0.39, 0.29) is 18.0 Å². The molecule has 0 saturated heterocycles. The smallest absolute Gasteiger partial charge is 0.245 e. The number of nitrogens with zero attached hydrogens (tertiary/aromatic N) is 2. The molecule has 0 amide bonds. The zero-order valence-electron chi connectivity index (χ0n) is 18.1. The van der Waals surface area contributed by atoms with Gasteiger partial charge in [-0.2, -0.15) is 4.31 Å². The second kappa shape index (κ2) is 10.2. The maximum atomic E-state index is 13.5. The normalized spacial score (nSPS) is 11.5. The number of sulfonamides is 1. The number of anilines is 2. The molecule has 5 nitrogen and oxygen atoms in total. The van der Waals surface area contributed by atoms with E-state index >= 15 is 0 Å². The van der Waals surface area contributed by atoms with Crippen LogP contribution in [0.15, 0.2) is 102 Å². The zero-order chi connectivity index (χ0) is 23.3. The molecular formula is C26H24ClN3O2S. The average Bonchev–Trinajstić information content (AvgIpc) is 2.83. The van der Waals surface area contributed by atoms with Crippen LogP contribution >= 0.6 is 11.6 Å². The van der Waals surface area contributed by atoms with Crippen molar-refractivity contribution in [3.63, 3.8) is 0 Å². The Morgan fingerprint density at radius 1 is 0.848 bits per heavy atom. The predicted octanol–water partition coefficient (Wildman–Crippen LogP) is 6.18. The summed E-state index contributed by atoms with van der Waals surface area (Å²) < 4.78 is 28.6. The molecule has 1 aromatic heterocycles. The molecule has 0 fully saturated rings. The van der Waals surface area contributed by atoms with Crippen molar-refractivity contribution in [3.8, 4) is 0 Å². The SMILES string of the molecule is Cc1ccc(Nc2ccc(S(=O)(=O)N(Cc3ccccc3)Cc3ccccc3)cn2)cc1Cl. The summed E-state index contributed by atoms with van der Waals surface area (Å²) in [6.45, 7) is 2.46. The van der Waals surface area contributed by atoms with Crippen LogP contribution in [0.3, 0.4) is 0 Å². The first kappa shape index (κ1) is 23.0. The van der Waals surface area contributed by atoms with Gasteiger partial charge in [-0.25, -0.2) is 13.4 Å². The lowest BCUT2D eigenvalue weighted by Crippen LogP contribution is -2.30. The third kappa shape index (κ3) is 5.79. The van der Waals surface area contributed by atoms with Crippen LogP contribution in [0.2, 0.25) is 5.02 Å². The summed E-state index contributed by atoms with van der Waals surface area (Å²) in [5.41, 5.74) is 3.59. The van der Waals surface area contributed by atoms with Crippen LogP contribution in [-0.4, -0.2) is 17.7 Å². The lowest BCUT2D eigenvalue weighted by molar-refractivity contribution is 0.401. The molecule has 4 aromatic rings. The van der Waals surface area contributed by atoms with Crippen LogP contribution < -0.4 is 5.32 Å². The lowest BCUT2D eigenvalue weighted by atomic mass is 10.2. The highest BCUT2D eigenvalue weighted by atomic mass is 35.5. The highest BCUT2D eigenvalue weighted by Gasteiger charge is 2.25. The Balaban J connectivity index is 1.58. The first-order valence-electron chi connectivity index (χ1n) is 10.5. The van der Waals surface area contributed by atoms with E-state index in [1.54, 1.807) is 12.1 Å². The molecule has 0 spiro atoms. The van der Waals surface area contributed by atoms with Gasteiger partial charge in [0.05, 0.1) is 0 Å². The number of aromatic nitrogens is 1. The Labute approximate surface area is 199 Å². The third-order valence-electron chi connectivity index (χ3n) is 5.22. The van der Waals surface area contributed by atoms with E-state index in [0.29, 0.717) is 10.8 Å². The second-order valence-corrected chi connectivity index (χ2v) is 10.1. The highest BCUT2D eigenvalue weighted by Crippen LogP contribution is 2.25. The van der Waals surface area contributed by atoms with Crippen molar-refractivity contribution in [2.45, 2.75) is 24.9 Å². The summed E-state index contributed by atoms with van der Waals surface area (Å²) in [5.74, 6) is 0.534. The number of rotatable bonds is 8. The molecule has 33 heavy (non-hydrogen) atoms. The summed E-state index contributed by atoms with van der Waals surface area (Å²) in [7, 11) is -3.78. The van der Waals surface area contributed by atoms with Crippen molar-refractivity contribution in [2.75, 3.05) is 5.32 Å². The van der Waals surface area contributed by atoms with Gasteiger partial charge in [0.15, 0.2) is 0 Å². The largest absolute Gasteiger partial charge is 0.340 e. The molecule has 7 heteroatoms. The number of halogens is 1. The third-order valence-corrected chi connectivity index (χ3v) is 7.40. The first-order chi connectivity index (χ1) is 15.9. The molecular weight excluding hydrogens is 454 g/mol. The Hall–Kier alpha value is -3.19.